The van der Waals surface area contributed by atoms with Gasteiger partial charge in [0.15, 0.2) is 9.84 Å². The first-order chi connectivity index (χ1) is 11.5. The third kappa shape index (κ3) is 3.44. The minimum atomic E-state index is -3.26. The number of carbonyl (C=O) groups excluding carboxylic acids is 1. The summed E-state index contributed by atoms with van der Waals surface area (Å²) in [4.78, 5) is 19.1. The molecule has 1 unspecified atom stereocenters. The Bertz CT molecular complexity index is 801. The highest BCUT2D eigenvalue weighted by molar-refractivity contribution is 7.91. The van der Waals surface area contributed by atoms with Crippen molar-refractivity contribution in [1.82, 2.24) is 9.88 Å². The first kappa shape index (κ1) is 16.9. The molecular weight excluding hydrogens is 348 g/mol. The number of ether oxygens (including phenoxy) is 1. The Morgan fingerprint density at radius 2 is 2.17 bits per heavy atom. The van der Waals surface area contributed by atoms with Crippen LogP contribution in [0.25, 0.3) is 0 Å². The van der Waals surface area contributed by atoms with Crippen molar-refractivity contribution in [3.8, 4) is 5.88 Å². The number of methoxy groups -OCH3 is 1. The van der Waals surface area contributed by atoms with Gasteiger partial charge in [-0.3, -0.25) is 4.79 Å². The van der Waals surface area contributed by atoms with E-state index in [0.717, 1.165) is 4.88 Å². The maximum absolute atomic E-state index is 12.6. The minimum absolute atomic E-state index is 0.0229. The Morgan fingerprint density at radius 1 is 1.33 bits per heavy atom. The quantitative estimate of drug-likeness (QED) is 0.832. The molecule has 1 aliphatic rings. The molecule has 1 saturated heterocycles. The molecule has 1 aliphatic heterocycles. The number of amides is 1. The van der Waals surface area contributed by atoms with Crippen molar-refractivity contribution in [2.24, 2.45) is 0 Å². The van der Waals surface area contributed by atoms with Crippen molar-refractivity contribution in [2.75, 3.05) is 26.0 Å². The Hall–Kier alpha value is -1.93. The van der Waals surface area contributed by atoms with Gasteiger partial charge in [0.25, 0.3) is 5.91 Å². The average molecular weight is 366 g/mol. The lowest BCUT2D eigenvalue weighted by Crippen LogP contribution is -2.33. The van der Waals surface area contributed by atoms with Gasteiger partial charge in [0, 0.05) is 30.2 Å². The highest BCUT2D eigenvalue weighted by Gasteiger charge is 2.33. The largest absolute Gasteiger partial charge is 0.481 e. The molecule has 2 aromatic heterocycles. The lowest BCUT2D eigenvalue weighted by Gasteiger charge is -2.19. The van der Waals surface area contributed by atoms with E-state index in [4.69, 9.17) is 4.74 Å². The van der Waals surface area contributed by atoms with Crippen LogP contribution in [0.5, 0.6) is 5.88 Å². The van der Waals surface area contributed by atoms with Gasteiger partial charge >= 0.3 is 0 Å². The van der Waals surface area contributed by atoms with Crippen molar-refractivity contribution in [3.05, 3.63) is 46.3 Å². The van der Waals surface area contributed by atoms with Crippen LogP contribution in [-0.4, -0.2) is 50.2 Å². The van der Waals surface area contributed by atoms with Crippen LogP contribution in [0.15, 0.2) is 35.8 Å². The molecule has 24 heavy (non-hydrogen) atoms. The first-order valence-electron chi connectivity index (χ1n) is 7.55. The van der Waals surface area contributed by atoms with Gasteiger partial charge in [0.1, 0.15) is 0 Å². The van der Waals surface area contributed by atoms with E-state index in [0.29, 0.717) is 24.4 Å². The van der Waals surface area contributed by atoms with E-state index in [1.54, 1.807) is 17.0 Å². The van der Waals surface area contributed by atoms with E-state index in [9.17, 15) is 13.2 Å². The molecule has 3 heterocycles. The predicted molar refractivity (Wildman–Crippen MR) is 92.2 cm³/mol. The fourth-order valence-electron chi connectivity index (χ4n) is 2.75. The third-order valence-electron chi connectivity index (χ3n) is 4.08. The number of hydrogen-bond acceptors (Lipinski definition) is 6. The fraction of sp³-hybridized carbons (Fsp3) is 0.375. The molecule has 0 spiro atoms. The van der Waals surface area contributed by atoms with E-state index in [2.05, 4.69) is 4.98 Å². The number of carbonyl (C=O) groups is 1. The van der Waals surface area contributed by atoms with Gasteiger partial charge in [0.05, 0.1) is 23.7 Å². The molecule has 1 amide bonds. The Morgan fingerprint density at radius 3 is 2.79 bits per heavy atom. The third-order valence-corrected chi connectivity index (χ3v) is 7.32. The monoisotopic (exact) mass is 366 g/mol. The number of hydrogen-bond donors (Lipinski definition) is 0. The molecule has 6 nitrogen and oxygen atoms in total. The van der Waals surface area contributed by atoms with E-state index in [1.165, 1.54) is 24.6 Å². The number of nitrogens with zero attached hydrogens (tertiary/aromatic N) is 2. The van der Waals surface area contributed by atoms with Gasteiger partial charge in [0.2, 0.25) is 5.88 Å². The molecule has 0 aliphatic carbocycles. The van der Waals surface area contributed by atoms with Crippen LogP contribution in [-0.2, 0) is 9.84 Å². The molecular formula is C16H18N2O4S2. The number of thiophene rings is 1. The van der Waals surface area contributed by atoms with Crippen molar-refractivity contribution in [1.29, 1.82) is 0 Å². The molecule has 0 N–H and O–H groups in total. The Kier molecular flexibility index (Phi) is 4.86. The topological polar surface area (TPSA) is 76.6 Å². The van der Waals surface area contributed by atoms with Crippen LogP contribution in [0.2, 0.25) is 0 Å². The zero-order valence-corrected chi connectivity index (χ0v) is 14.8. The summed E-state index contributed by atoms with van der Waals surface area (Å²) in [5, 5.41) is 1.35. The minimum Gasteiger partial charge on any atom is -0.481 e. The molecule has 0 saturated carbocycles. The Balaban J connectivity index is 1.78. The standard InChI is InChI=1S/C16H18N2O4S2/c1-22-15-5-4-12(11-17-15)16(19)18-7-6-14(13-3-2-9-23-13)24(20,21)10-8-18/h2-5,9,11,14H,6-8,10H2,1H3. The summed E-state index contributed by atoms with van der Waals surface area (Å²) in [5.41, 5.74) is 0.433. The van der Waals surface area contributed by atoms with Crippen LogP contribution in [0, 0.1) is 0 Å². The van der Waals surface area contributed by atoms with Crippen LogP contribution in [0.1, 0.15) is 26.9 Å². The van der Waals surface area contributed by atoms with Gasteiger partial charge in [-0.05, 0) is 23.9 Å². The second kappa shape index (κ2) is 6.90. The van der Waals surface area contributed by atoms with Gasteiger partial charge in [-0.1, -0.05) is 6.07 Å². The maximum Gasteiger partial charge on any atom is 0.255 e. The number of sulfone groups is 1. The smallest absolute Gasteiger partial charge is 0.255 e. The SMILES string of the molecule is COc1ccc(C(=O)N2CCC(c3cccs3)S(=O)(=O)CC2)cn1. The van der Waals surface area contributed by atoms with Crippen molar-refractivity contribution in [3.63, 3.8) is 0 Å². The molecule has 0 bridgehead atoms. The summed E-state index contributed by atoms with van der Waals surface area (Å²) >= 11 is 1.44. The van der Waals surface area contributed by atoms with E-state index in [-0.39, 0.29) is 18.2 Å². The molecule has 2 aromatic rings. The van der Waals surface area contributed by atoms with Crippen LogP contribution in [0.3, 0.4) is 0 Å². The molecule has 1 fully saturated rings. The number of aromatic nitrogens is 1. The van der Waals surface area contributed by atoms with Crippen LogP contribution >= 0.6 is 11.3 Å². The van der Waals surface area contributed by atoms with E-state index in [1.807, 2.05) is 17.5 Å². The van der Waals surface area contributed by atoms with Gasteiger partial charge in [-0.25, -0.2) is 13.4 Å². The van der Waals surface area contributed by atoms with Crippen molar-refractivity contribution in [2.45, 2.75) is 11.7 Å². The van der Waals surface area contributed by atoms with Gasteiger partial charge < -0.3 is 9.64 Å². The second-order valence-corrected chi connectivity index (χ2v) is 8.82. The summed E-state index contributed by atoms with van der Waals surface area (Å²) < 4.78 is 30.0. The van der Waals surface area contributed by atoms with Gasteiger partial charge in [-0.2, -0.15) is 0 Å². The molecule has 128 valence electrons. The van der Waals surface area contributed by atoms with Crippen molar-refractivity contribution < 1.29 is 17.9 Å². The zero-order chi connectivity index (χ0) is 17.2. The van der Waals surface area contributed by atoms with Crippen LogP contribution in [0.4, 0.5) is 0 Å². The lowest BCUT2D eigenvalue weighted by atomic mass is 10.2. The summed E-state index contributed by atoms with van der Waals surface area (Å²) in [6, 6.07) is 6.96. The lowest BCUT2D eigenvalue weighted by molar-refractivity contribution is 0.0766. The fourth-order valence-corrected chi connectivity index (χ4v) is 5.76. The predicted octanol–water partition coefficient (Wildman–Crippen LogP) is 2.15. The number of pyridine rings is 1. The summed E-state index contributed by atoms with van der Waals surface area (Å²) in [5.74, 6) is 0.208. The molecule has 0 aromatic carbocycles. The summed E-state index contributed by atoms with van der Waals surface area (Å²) in [7, 11) is -1.75. The Labute approximate surface area is 145 Å². The first-order valence-corrected chi connectivity index (χ1v) is 10.1. The summed E-state index contributed by atoms with van der Waals surface area (Å²) in [6.07, 6.45) is 1.87. The van der Waals surface area contributed by atoms with Crippen LogP contribution < -0.4 is 4.74 Å². The van der Waals surface area contributed by atoms with E-state index >= 15 is 0 Å². The highest BCUT2D eigenvalue weighted by Crippen LogP contribution is 2.32. The highest BCUT2D eigenvalue weighted by atomic mass is 32.2. The normalized spacial score (nSPS) is 20.4. The number of rotatable bonds is 3. The average Bonchev–Trinajstić information content (AvgIpc) is 3.06. The zero-order valence-electron chi connectivity index (χ0n) is 13.2. The van der Waals surface area contributed by atoms with E-state index < -0.39 is 15.1 Å². The van der Waals surface area contributed by atoms with Gasteiger partial charge in [-0.15, -0.1) is 11.3 Å². The molecule has 8 heteroatoms. The molecule has 3 rings (SSSR count). The maximum atomic E-state index is 12.6. The molecule has 1 atom stereocenters. The van der Waals surface area contributed by atoms with Crippen molar-refractivity contribution >= 4 is 27.1 Å². The summed E-state index contributed by atoms with van der Waals surface area (Å²) in [6.45, 7) is 0.613. The second-order valence-electron chi connectivity index (χ2n) is 5.54. The molecule has 0 radical (unpaired) electrons.